The van der Waals surface area contributed by atoms with Crippen LogP contribution in [0.1, 0.15) is 6.92 Å². The predicted octanol–water partition coefficient (Wildman–Crippen LogP) is 0.679. The minimum atomic E-state index is 0.660. The SMILES string of the molecule is C/C(=C/N(C)C)N=CC=O. The Morgan fingerprint density at radius 1 is 1.50 bits per heavy atom. The van der Waals surface area contributed by atoms with Crippen LogP contribution in [-0.2, 0) is 4.79 Å². The molecule has 0 rings (SSSR count). The Balaban J connectivity index is 3.93. The molecule has 0 amide bonds. The van der Waals surface area contributed by atoms with Gasteiger partial charge in [0.05, 0.1) is 11.9 Å². The maximum Gasteiger partial charge on any atom is 0.161 e. The van der Waals surface area contributed by atoms with Crippen LogP contribution in [0, 0.1) is 0 Å². The molecule has 10 heavy (non-hydrogen) atoms. The van der Waals surface area contributed by atoms with Gasteiger partial charge in [-0.3, -0.25) is 9.79 Å². The number of carbonyl (C=O) groups is 1. The number of aliphatic imine (C=N–C) groups is 1. The number of rotatable bonds is 3. The van der Waals surface area contributed by atoms with Crippen molar-refractivity contribution in [2.45, 2.75) is 6.92 Å². The maximum absolute atomic E-state index is 9.80. The third-order valence-electron chi connectivity index (χ3n) is 0.784. The molecule has 0 bridgehead atoms. The van der Waals surface area contributed by atoms with Crippen LogP contribution in [0.4, 0.5) is 0 Å². The summed E-state index contributed by atoms with van der Waals surface area (Å²) < 4.78 is 0. The Morgan fingerprint density at radius 2 is 2.10 bits per heavy atom. The quantitative estimate of drug-likeness (QED) is 0.426. The summed E-state index contributed by atoms with van der Waals surface area (Å²) in [5.74, 6) is 0. The fourth-order valence-electron chi connectivity index (χ4n) is 0.555. The predicted molar refractivity (Wildman–Crippen MR) is 42.0 cm³/mol. The summed E-state index contributed by atoms with van der Waals surface area (Å²) in [5, 5.41) is 0. The molecule has 0 radical (unpaired) electrons. The van der Waals surface area contributed by atoms with Crippen molar-refractivity contribution in [1.29, 1.82) is 0 Å². The lowest BCUT2D eigenvalue weighted by Gasteiger charge is -2.03. The lowest BCUT2D eigenvalue weighted by Crippen LogP contribution is -2.01. The minimum Gasteiger partial charge on any atom is -0.382 e. The molecule has 0 saturated carbocycles. The van der Waals surface area contributed by atoms with Crippen LogP contribution in [0.15, 0.2) is 16.9 Å². The zero-order valence-electron chi connectivity index (χ0n) is 6.53. The average Bonchev–Trinajstić information content (AvgIpc) is 1.82. The molecule has 56 valence electrons. The molecule has 0 aliphatic rings. The summed E-state index contributed by atoms with van der Waals surface area (Å²) in [6, 6.07) is 0. The number of aldehydes is 1. The first kappa shape index (κ1) is 8.88. The Kier molecular flexibility index (Phi) is 4.20. The molecule has 0 heterocycles. The number of carbonyl (C=O) groups excluding carboxylic acids is 1. The van der Waals surface area contributed by atoms with E-state index in [9.17, 15) is 4.79 Å². The molecular formula is C7H12N2O. The zero-order chi connectivity index (χ0) is 7.98. The van der Waals surface area contributed by atoms with E-state index in [1.165, 1.54) is 6.21 Å². The standard InChI is InChI=1S/C7H12N2O/c1-7(6-9(2)3)8-4-5-10/h4-6H,1-3H3/b7-6-,8-4?. The second-order valence-electron chi connectivity index (χ2n) is 2.15. The summed E-state index contributed by atoms with van der Waals surface area (Å²) in [5.41, 5.74) is 0.817. The number of hydrogen-bond acceptors (Lipinski definition) is 3. The first-order valence-electron chi connectivity index (χ1n) is 2.99. The largest absolute Gasteiger partial charge is 0.382 e. The summed E-state index contributed by atoms with van der Waals surface area (Å²) in [6.45, 7) is 1.83. The van der Waals surface area contributed by atoms with Gasteiger partial charge in [0.1, 0.15) is 0 Å². The lowest BCUT2D eigenvalue weighted by atomic mass is 10.5. The number of hydrogen-bond donors (Lipinski definition) is 0. The highest BCUT2D eigenvalue weighted by molar-refractivity contribution is 6.13. The smallest absolute Gasteiger partial charge is 0.161 e. The second kappa shape index (κ2) is 4.73. The molecule has 0 spiro atoms. The van der Waals surface area contributed by atoms with Gasteiger partial charge >= 0.3 is 0 Å². The van der Waals surface area contributed by atoms with E-state index in [4.69, 9.17) is 0 Å². The molecule has 0 aromatic carbocycles. The van der Waals surface area contributed by atoms with Crippen LogP contribution in [0.2, 0.25) is 0 Å². The molecular weight excluding hydrogens is 128 g/mol. The van der Waals surface area contributed by atoms with Crippen LogP contribution in [0.25, 0.3) is 0 Å². The molecule has 0 aliphatic heterocycles. The first-order valence-corrected chi connectivity index (χ1v) is 2.99. The fourth-order valence-corrected chi connectivity index (χ4v) is 0.555. The van der Waals surface area contributed by atoms with Crippen molar-refractivity contribution < 1.29 is 4.79 Å². The van der Waals surface area contributed by atoms with E-state index in [2.05, 4.69) is 4.99 Å². The highest BCUT2D eigenvalue weighted by atomic mass is 16.1. The molecule has 0 fully saturated rings. The van der Waals surface area contributed by atoms with Gasteiger partial charge in [0.25, 0.3) is 0 Å². The summed E-state index contributed by atoms with van der Waals surface area (Å²) >= 11 is 0. The van der Waals surface area contributed by atoms with Gasteiger partial charge < -0.3 is 4.90 Å². The summed E-state index contributed by atoms with van der Waals surface area (Å²) in [4.78, 5) is 15.5. The summed E-state index contributed by atoms with van der Waals surface area (Å²) in [7, 11) is 3.81. The third kappa shape index (κ3) is 5.03. The van der Waals surface area contributed by atoms with Crippen LogP contribution in [-0.4, -0.2) is 31.5 Å². The van der Waals surface area contributed by atoms with E-state index in [1.807, 2.05) is 32.1 Å². The van der Waals surface area contributed by atoms with Gasteiger partial charge in [-0.2, -0.15) is 0 Å². The highest BCUT2D eigenvalue weighted by Gasteiger charge is 1.81. The van der Waals surface area contributed by atoms with Crippen molar-refractivity contribution in [3.63, 3.8) is 0 Å². The molecule has 3 nitrogen and oxygen atoms in total. The maximum atomic E-state index is 9.80. The minimum absolute atomic E-state index is 0.660. The average molecular weight is 140 g/mol. The Hall–Kier alpha value is -1.12. The van der Waals surface area contributed by atoms with Gasteiger partial charge in [-0.05, 0) is 6.92 Å². The topological polar surface area (TPSA) is 32.7 Å². The van der Waals surface area contributed by atoms with Gasteiger partial charge in [0, 0.05) is 20.3 Å². The van der Waals surface area contributed by atoms with E-state index in [0.717, 1.165) is 5.70 Å². The van der Waals surface area contributed by atoms with E-state index in [-0.39, 0.29) is 0 Å². The molecule has 0 aromatic heterocycles. The molecule has 3 heteroatoms. The van der Waals surface area contributed by atoms with Crippen molar-refractivity contribution in [2.24, 2.45) is 4.99 Å². The molecule has 0 aromatic rings. The van der Waals surface area contributed by atoms with Crippen LogP contribution < -0.4 is 0 Å². The van der Waals surface area contributed by atoms with E-state index < -0.39 is 0 Å². The zero-order valence-corrected chi connectivity index (χ0v) is 6.53. The van der Waals surface area contributed by atoms with Crippen molar-refractivity contribution >= 4 is 12.5 Å². The Morgan fingerprint density at radius 3 is 2.50 bits per heavy atom. The monoisotopic (exact) mass is 140 g/mol. The molecule has 0 saturated heterocycles. The van der Waals surface area contributed by atoms with E-state index in [1.54, 1.807) is 0 Å². The van der Waals surface area contributed by atoms with Crippen molar-refractivity contribution in [3.05, 3.63) is 11.9 Å². The lowest BCUT2D eigenvalue weighted by molar-refractivity contribution is -0.102. The molecule has 0 atom stereocenters. The number of allylic oxidation sites excluding steroid dienone is 1. The van der Waals surface area contributed by atoms with Crippen LogP contribution in [0.5, 0.6) is 0 Å². The Labute approximate surface area is 61.1 Å². The number of nitrogens with zero attached hydrogens (tertiary/aromatic N) is 2. The van der Waals surface area contributed by atoms with Gasteiger partial charge in [-0.15, -0.1) is 0 Å². The Bertz CT molecular complexity index is 159. The van der Waals surface area contributed by atoms with Crippen LogP contribution >= 0.6 is 0 Å². The van der Waals surface area contributed by atoms with Gasteiger partial charge in [-0.25, -0.2) is 0 Å². The first-order chi connectivity index (χ1) is 4.66. The molecule has 0 unspecified atom stereocenters. The highest BCUT2D eigenvalue weighted by Crippen LogP contribution is 1.92. The van der Waals surface area contributed by atoms with E-state index >= 15 is 0 Å². The molecule has 0 N–H and O–H groups in total. The normalized spacial score (nSPS) is 12.1. The van der Waals surface area contributed by atoms with Crippen molar-refractivity contribution in [1.82, 2.24) is 4.90 Å². The van der Waals surface area contributed by atoms with Gasteiger partial charge in [0.15, 0.2) is 6.29 Å². The molecule has 0 aliphatic carbocycles. The van der Waals surface area contributed by atoms with Crippen LogP contribution in [0.3, 0.4) is 0 Å². The van der Waals surface area contributed by atoms with Crippen molar-refractivity contribution in [2.75, 3.05) is 14.1 Å². The van der Waals surface area contributed by atoms with Gasteiger partial charge in [0.2, 0.25) is 0 Å². The summed E-state index contributed by atoms with van der Waals surface area (Å²) in [6.07, 6.45) is 3.72. The van der Waals surface area contributed by atoms with E-state index in [0.29, 0.717) is 6.29 Å². The third-order valence-corrected chi connectivity index (χ3v) is 0.784. The van der Waals surface area contributed by atoms with Crippen molar-refractivity contribution in [3.8, 4) is 0 Å². The fraction of sp³-hybridized carbons (Fsp3) is 0.429. The van der Waals surface area contributed by atoms with Gasteiger partial charge in [-0.1, -0.05) is 0 Å². The second-order valence-corrected chi connectivity index (χ2v) is 2.15.